The maximum Gasteiger partial charge on any atom is 0.0107 e. The molecule has 0 saturated carbocycles. The molecule has 0 aromatic rings. The second-order valence-electron chi connectivity index (χ2n) is 5.31. The number of likely N-dealkylation sites (N-methyl/N-ethyl adjacent to an activating group) is 1. The van der Waals surface area contributed by atoms with Gasteiger partial charge in [0.05, 0.1) is 0 Å². The van der Waals surface area contributed by atoms with Gasteiger partial charge in [0.15, 0.2) is 0 Å². The van der Waals surface area contributed by atoms with Crippen LogP contribution < -0.4 is 5.32 Å². The maximum absolute atomic E-state index is 3.57. The Hall–Kier alpha value is -0.0800. The molecule has 0 bridgehead atoms. The van der Waals surface area contributed by atoms with Crippen LogP contribution in [0.15, 0.2) is 0 Å². The summed E-state index contributed by atoms with van der Waals surface area (Å²) in [5, 5.41) is 3.57. The first-order valence-corrected chi connectivity index (χ1v) is 8.28. The summed E-state index contributed by atoms with van der Waals surface area (Å²) in [7, 11) is 0. The van der Waals surface area contributed by atoms with E-state index in [1.54, 1.807) is 0 Å². The van der Waals surface area contributed by atoms with E-state index in [1.807, 2.05) is 0 Å². The molecule has 0 rings (SSSR count). The lowest BCUT2D eigenvalue weighted by molar-refractivity contribution is 0.287. The van der Waals surface area contributed by atoms with Gasteiger partial charge in [-0.3, -0.25) is 0 Å². The van der Waals surface area contributed by atoms with E-state index in [0.717, 1.165) is 6.54 Å². The van der Waals surface area contributed by atoms with Gasteiger partial charge in [-0.05, 0) is 32.5 Å². The quantitative estimate of drug-likeness (QED) is 0.472. The molecule has 110 valence electrons. The van der Waals surface area contributed by atoms with E-state index >= 15 is 0 Å². The fourth-order valence-corrected chi connectivity index (χ4v) is 2.31. The summed E-state index contributed by atoms with van der Waals surface area (Å²) in [4.78, 5) is 2.53. The molecule has 0 saturated heterocycles. The summed E-state index contributed by atoms with van der Waals surface area (Å²) in [6.45, 7) is 12.8. The highest BCUT2D eigenvalue weighted by molar-refractivity contribution is 4.57. The second-order valence-corrected chi connectivity index (χ2v) is 5.31. The van der Waals surface area contributed by atoms with Gasteiger partial charge in [0.2, 0.25) is 0 Å². The molecule has 0 aliphatic heterocycles. The van der Waals surface area contributed by atoms with Gasteiger partial charge in [-0.25, -0.2) is 0 Å². The first-order valence-electron chi connectivity index (χ1n) is 8.28. The number of hydrogen-bond acceptors (Lipinski definition) is 2. The lowest BCUT2D eigenvalue weighted by Gasteiger charge is -2.19. The van der Waals surface area contributed by atoms with Crippen molar-refractivity contribution in [1.82, 2.24) is 10.2 Å². The number of hydrogen-bond donors (Lipinski definition) is 1. The van der Waals surface area contributed by atoms with Crippen molar-refractivity contribution in [1.29, 1.82) is 0 Å². The minimum Gasteiger partial charge on any atom is -0.315 e. The molecule has 0 aliphatic rings. The van der Waals surface area contributed by atoms with Crippen LogP contribution in [0.2, 0.25) is 0 Å². The molecule has 0 radical (unpaired) electrons. The molecule has 0 aromatic carbocycles. The fraction of sp³-hybridized carbons (Fsp3) is 1.00. The third-order valence-corrected chi connectivity index (χ3v) is 3.55. The highest BCUT2D eigenvalue weighted by atomic mass is 15.1. The van der Waals surface area contributed by atoms with E-state index in [1.165, 1.54) is 77.5 Å². The van der Waals surface area contributed by atoms with Crippen molar-refractivity contribution in [3.8, 4) is 0 Å². The minimum absolute atomic E-state index is 1.16. The van der Waals surface area contributed by atoms with Gasteiger partial charge < -0.3 is 10.2 Å². The standard InChI is InChI=1S/C16H36N2/c1-4-7-8-9-10-11-12-13-17-14-16-18(6-3)15-5-2/h17H,4-16H2,1-3H3. The van der Waals surface area contributed by atoms with Gasteiger partial charge >= 0.3 is 0 Å². The van der Waals surface area contributed by atoms with Gasteiger partial charge in [-0.2, -0.15) is 0 Å². The Kier molecular flexibility index (Phi) is 14.9. The predicted molar refractivity (Wildman–Crippen MR) is 83.3 cm³/mol. The van der Waals surface area contributed by atoms with Crippen LogP contribution in [0.5, 0.6) is 0 Å². The van der Waals surface area contributed by atoms with Crippen LogP contribution in [0.4, 0.5) is 0 Å². The number of nitrogens with one attached hydrogen (secondary N) is 1. The van der Waals surface area contributed by atoms with Crippen LogP contribution in [0.25, 0.3) is 0 Å². The molecule has 1 N–H and O–H groups in total. The molecule has 18 heavy (non-hydrogen) atoms. The predicted octanol–water partition coefficient (Wildman–Crippen LogP) is 4.06. The van der Waals surface area contributed by atoms with Crippen LogP contribution in [0.3, 0.4) is 0 Å². The molecule has 0 aromatic heterocycles. The average molecular weight is 256 g/mol. The Bertz CT molecular complexity index is 148. The maximum atomic E-state index is 3.57. The van der Waals surface area contributed by atoms with Crippen LogP contribution >= 0.6 is 0 Å². The van der Waals surface area contributed by atoms with Crippen molar-refractivity contribution >= 4 is 0 Å². The summed E-state index contributed by atoms with van der Waals surface area (Å²) < 4.78 is 0. The van der Waals surface area contributed by atoms with Crippen molar-refractivity contribution in [2.45, 2.75) is 72.1 Å². The Labute approximate surface area is 116 Å². The molecule has 0 spiro atoms. The lowest BCUT2D eigenvalue weighted by Crippen LogP contribution is -2.32. The van der Waals surface area contributed by atoms with E-state index in [9.17, 15) is 0 Å². The molecule has 0 fully saturated rings. The molecular formula is C16H36N2. The SMILES string of the molecule is CCCCCCCCCNCCN(CC)CCC. The molecule has 0 aliphatic carbocycles. The largest absolute Gasteiger partial charge is 0.315 e. The Morgan fingerprint density at radius 1 is 0.667 bits per heavy atom. The van der Waals surface area contributed by atoms with Gasteiger partial charge in [0, 0.05) is 13.1 Å². The van der Waals surface area contributed by atoms with Gasteiger partial charge in [0.1, 0.15) is 0 Å². The Morgan fingerprint density at radius 3 is 1.94 bits per heavy atom. The van der Waals surface area contributed by atoms with Crippen LogP contribution in [-0.4, -0.2) is 37.6 Å². The third kappa shape index (κ3) is 12.4. The average Bonchev–Trinajstić information content (AvgIpc) is 2.39. The first kappa shape index (κ1) is 17.9. The Morgan fingerprint density at radius 2 is 1.33 bits per heavy atom. The molecule has 0 unspecified atom stereocenters. The molecule has 2 heteroatoms. The lowest BCUT2D eigenvalue weighted by atomic mass is 10.1. The number of rotatable bonds is 14. The summed E-state index contributed by atoms with van der Waals surface area (Å²) in [6.07, 6.45) is 11.1. The zero-order chi connectivity index (χ0) is 13.5. The van der Waals surface area contributed by atoms with E-state index < -0.39 is 0 Å². The van der Waals surface area contributed by atoms with Gasteiger partial charge in [0.25, 0.3) is 0 Å². The van der Waals surface area contributed by atoms with Crippen molar-refractivity contribution in [3.63, 3.8) is 0 Å². The number of nitrogens with zero attached hydrogens (tertiary/aromatic N) is 1. The third-order valence-electron chi connectivity index (χ3n) is 3.55. The van der Waals surface area contributed by atoms with E-state index in [0.29, 0.717) is 0 Å². The highest BCUT2D eigenvalue weighted by Crippen LogP contribution is 2.06. The van der Waals surface area contributed by atoms with Crippen molar-refractivity contribution < 1.29 is 0 Å². The summed E-state index contributed by atoms with van der Waals surface area (Å²) >= 11 is 0. The van der Waals surface area contributed by atoms with E-state index in [4.69, 9.17) is 0 Å². The summed E-state index contributed by atoms with van der Waals surface area (Å²) in [6, 6.07) is 0. The fourth-order valence-electron chi connectivity index (χ4n) is 2.31. The highest BCUT2D eigenvalue weighted by Gasteiger charge is 1.99. The van der Waals surface area contributed by atoms with Crippen LogP contribution in [-0.2, 0) is 0 Å². The van der Waals surface area contributed by atoms with Crippen molar-refractivity contribution in [3.05, 3.63) is 0 Å². The topological polar surface area (TPSA) is 15.3 Å². The zero-order valence-electron chi connectivity index (χ0n) is 13.1. The zero-order valence-corrected chi connectivity index (χ0v) is 13.1. The van der Waals surface area contributed by atoms with Gasteiger partial charge in [-0.15, -0.1) is 0 Å². The van der Waals surface area contributed by atoms with Crippen molar-refractivity contribution in [2.24, 2.45) is 0 Å². The Balaban J connectivity index is 3.10. The number of unbranched alkanes of at least 4 members (excludes halogenated alkanes) is 6. The van der Waals surface area contributed by atoms with Crippen LogP contribution in [0, 0.1) is 0 Å². The first-order chi connectivity index (χ1) is 8.85. The van der Waals surface area contributed by atoms with Crippen molar-refractivity contribution in [2.75, 3.05) is 32.7 Å². The summed E-state index contributed by atoms with van der Waals surface area (Å²) in [5.74, 6) is 0. The second kappa shape index (κ2) is 15.0. The molecule has 0 amide bonds. The van der Waals surface area contributed by atoms with Crippen LogP contribution in [0.1, 0.15) is 72.1 Å². The minimum atomic E-state index is 1.16. The molecule has 0 atom stereocenters. The normalized spacial score (nSPS) is 11.3. The molecule has 0 heterocycles. The smallest absolute Gasteiger partial charge is 0.0107 e. The summed E-state index contributed by atoms with van der Waals surface area (Å²) in [5.41, 5.74) is 0. The monoisotopic (exact) mass is 256 g/mol. The van der Waals surface area contributed by atoms with Gasteiger partial charge in [-0.1, -0.05) is 59.3 Å². The molecule has 2 nitrogen and oxygen atoms in total. The van der Waals surface area contributed by atoms with E-state index in [2.05, 4.69) is 31.0 Å². The molecular weight excluding hydrogens is 220 g/mol. The van der Waals surface area contributed by atoms with E-state index in [-0.39, 0.29) is 0 Å².